The van der Waals surface area contributed by atoms with Gasteiger partial charge in [0.1, 0.15) is 5.75 Å². The van der Waals surface area contributed by atoms with Gasteiger partial charge in [0.2, 0.25) is 0 Å². The van der Waals surface area contributed by atoms with Crippen molar-refractivity contribution in [1.29, 1.82) is 0 Å². The Kier molecular flexibility index (Phi) is 10.6. The molecule has 156 valence electrons. The number of likely N-dealkylation sites (N-methyl/N-ethyl adjacent to an activating group) is 1. The molecule has 2 N–H and O–H groups in total. The second kappa shape index (κ2) is 12.7. The van der Waals surface area contributed by atoms with Crippen molar-refractivity contribution in [3.63, 3.8) is 0 Å². The first kappa shape index (κ1) is 23.4. The van der Waals surface area contributed by atoms with Crippen LogP contribution in [0.15, 0.2) is 30.6 Å². The van der Waals surface area contributed by atoms with Crippen molar-refractivity contribution in [3.05, 3.63) is 30.6 Å². The Balaban J connectivity index is 0.000000416. The molecule has 1 saturated heterocycles. The van der Waals surface area contributed by atoms with Crippen molar-refractivity contribution in [3.8, 4) is 5.75 Å². The molecule has 8 nitrogen and oxygen atoms in total. The number of aliphatic carboxylic acids is 2. The molecule has 0 amide bonds. The largest absolute Gasteiger partial charge is 0.492 e. The lowest BCUT2D eigenvalue weighted by molar-refractivity contribution is -0.134. The van der Waals surface area contributed by atoms with Crippen LogP contribution in [-0.4, -0.2) is 71.9 Å². The molecule has 0 aromatic carbocycles. The number of ether oxygens (including phenoxy) is 1. The number of carboxylic acid groups (broad SMARTS) is 2. The van der Waals surface area contributed by atoms with Crippen LogP contribution in [0.2, 0.25) is 0 Å². The molecule has 1 aromatic heterocycles. The quantitative estimate of drug-likeness (QED) is 0.681. The maximum atomic E-state index is 9.55. The molecule has 2 heterocycles. The second-order valence-electron chi connectivity index (χ2n) is 7.06. The molecule has 0 bridgehead atoms. The summed E-state index contributed by atoms with van der Waals surface area (Å²) in [5.41, 5.74) is 1.18. The monoisotopic (exact) mass is 393 g/mol. The molecule has 0 aliphatic carbocycles. The predicted molar refractivity (Wildman–Crippen MR) is 108 cm³/mol. The van der Waals surface area contributed by atoms with Crippen molar-refractivity contribution >= 4 is 17.6 Å². The third kappa shape index (κ3) is 10.5. The van der Waals surface area contributed by atoms with Crippen molar-refractivity contribution in [2.75, 3.05) is 44.7 Å². The number of pyridine rings is 1. The lowest BCUT2D eigenvalue weighted by Crippen LogP contribution is -2.28. The SMILES string of the molecule is CC(C)CCOc1cncc(N2CCCN(C)CC2)c1.O=C(O)/C=C/C(=O)O. The summed E-state index contributed by atoms with van der Waals surface area (Å²) >= 11 is 0. The Morgan fingerprint density at radius 1 is 1.14 bits per heavy atom. The van der Waals surface area contributed by atoms with E-state index in [4.69, 9.17) is 14.9 Å². The molecule has 1 aliphatic rings. The highest BCUT2D eigenvalue weighted by Crippen LogP contribution is 2.21. The topological polar surface area (TPSA) is 103 Å². The van der Waals surface area contributed by atoms with Gasteiger partial charge in [-0.25, -0.2) is 9.59 Å². The van der Waals surface area contributed by atoms with E-state index < -0.39 is 11.9 Å². The van der Waals surface area contributed by atoms with Gasteiger partial charge in [0.25, 0.3) is 0 Å². The van der Waals surface area contributed by atoms with E-state index in [0.29, 0.717) is 18.1 Å². The molecule has 0 radical (unpaired) electrons. The molecule has 0 saturated carbocycles. The van der Waals surface area contributed by atoms with E-state index in [-0.39, 0.29) is 0 Å². The van der Waals surface area contributed by atoms with Gasteiger partial charge in [-0.3, -0.25) is 4.98 Å². The van der Waals surface area contributed by atoms with Crippen LogP contribution in [0.5, 0.6) is 5.75 Å². The highest BCUT2D eigenvalue weighted by atomic mass is 16.5. The van der Waals surface area contributed by atoms with Crippen molar-refractivity contribution in [1.82, 2.24) is 9.88 Å². The van der Waals surface area contributed by atoms with Gasteiger partial charge in [0, 0.05) is 37.9 Å². The molecule has 1 aromatic rings. The summed E-state index contributed by atoms with van der Waals surface area (Å²) < 4.78 is 5.80. The maximum Gasteiger partial charge on any atom is 0.328 e. The Bertz CT molecular complexity index is 632. The summed E-state index contributed by atoms with van der Waals surface area (Å²) in [6.45, 7) is 9.64. The number of anilines is 1. The second-order valence-corrected chi connectivity index (χ2v) is 7.06. The summed E-state index contributed by atoms with van der Waals surface area (Å²) in [6.07, 6.45) is 7.16. The zero-order chi connectivity index (χ0) is 20.9. The molecular weight excluding hydrogens is 362 g/mol. The summed E-state index contributed by atoms with van der Waals surface area (Å²) in [5.74, 6) is -0.951. The maximum absolute atomic E-state index is 9.55. The van der Waals surface area contributed by atoms with E-state index in [1.54, 1.807) is 0 Å². The molecule has 0 atom stereocenters. The Hall–Kier alpha value is -2.61. The Labute approximate surface area is 166 Å². The number of hydrogen-bond donors (Lipinski definition) is 2. The van der Waals surface area contributed by atoms with E-state index in [1.165, 1.54) is 18.7 Å². The lowest BCUT2D eigenvalue weighted by Gasteiger charge is -2.22. The first-order valence-electron chi connectivity index (χ1n) is 9.43. The fraction of sp³-hybridized carbons (Fsp3) is 0.550. The number of carboxylic acids is 2. The minimum Gasteiger partial charge on any atom is -0.492 e. The van der Waals surface area contributed by atoms with Gasteiger partial charge in [-0.05, 0) is 32.4 Å². The molecular formula is C20H31N3O5. The summed E-state index contributed by atoms with van der Waals surface area (Å²) in [7, 11) is 2.19. The standard InChI is InChI=1S/C16H27N3O.C4H4O4/c1-14(2)5-10-20-16-11-15(12-17-13-16)19-7-4-6-18(3)8-9-19;5-3(6)1-2-4(7)8/h11-14H,4-10H2,1-3H3;1-2H,(H,5,6)(H,7,8)/b;2-1+. The summed E-state index contributed by atoms with van der Waals surface area (Å²) in [5, 5.41) is 15.6. The summed E-state index contributed by atoms with van der Waals surface area (Å²) in [6, 6.07) is 2.12. The molecule has 1 fully saturated rings. The number of hydrogen-bond acceptors (Lipinski definition) is 6. The van der Waals surface area contributed by atoms with E-state index in [9.17, 15) is 9.59 Å². The first-order valence-corrected chi connectivity index (χ1v) is 9.43. The third-order valence-corrected chi connectivity index (χ3v) is 4.12. The van der Waals surface area contributed by atoms with Gasteiger partial charge in [-0.2, -0.15) is 0 Å². The van der Waals surface area contributed by atoms with Gasteiger partial charge in [0.15, 0.2) is 0 Å². The third-order valence-electron chi connectivity index (χ3n) is 4.12. The Morgan fingerprint density at radius 2 is 1.82 bits per heavy atom. The Morgan fingerprint density at radius 3 is 2.43 bits per heavy atom. The number of rotatable bonds is 7. The van der Waals surface area contributed by atoms with Gasteiger partial charge in [0.05, 0.1) is 24.7 Å². The van der Waals surface area contributed by atoms with Crippen molar-refractivity contribution < 1.29 is 24.5 Å². The number of aromatic nitrogens is 1. The van der Waals surface area contributed by atoms with Crippen LogP contribution in [0.3, 0.4) is 0 Å². The lowest BCUT2D eigenvalue weighted by atomic mass is 10.1. The van der Waals surface area contributed by atoms with Gasteiger partial charge in [-0.15, -0.1) is 0 Å². The molecule has 0 spiro atoms. The minimum atomic E-state index is -1.26. The minimum absolute atomic E-state index is 0.558. The van der Waals surface area contributed by atoms with Crippen LogP contribution in [-0.2, 0) is 9.59 Å². The average molecular weight is 393 g/mol. The van der Waals surface area contributed by atoms with Crippen LogP contribution in [0, 0.1) is 5.92 Å². The average Bonchev–Trinajstić information content (AvgIpc) is 2.85. The molecule has 28 heavy (non-hydrogen) atoms. The fourth-order valence-corrected chi connectivity index (χ4v) is 2.52. The molecule has 1 aliphatic heterocycles. The number of nitrogens with zero attached hydrogens (tertiary/aromatic N) is 3. The van der Waals surface area contributed by atoms with Crippen LogP contribution in [0.1, 0.15) is 26.7 Å². The molecule has 0 unspecified atom stereocenters. The van der Waals surface area contributed by atoms with Gasteiger partial charge in [-0.1, -0.05) is 13.8 Å². The van der Waals surface area contributed by atoms with E-state index in [2.05, 4.69) is 41.7 Å². The van der Waals surface area contributed by atoms with Crippen LogP contribution in [0.25, 0.3) is 0 Å². The van der Waals surface area contributed by atoms with E-state index in [1.807, 2.05) is 12.4 Å². The van der Waals surface area contributed by atoms with Gasteiger partial charge < -0.3 is 24.7 Å². The zero-order valence-electron chi connectivity index (χ0n) is 16.9. The molecule has 2 rings (SSSR count). The molecule has 8 heteroatoms. The summed E-state index contributed by atoms with van der Waals surface area (Å²) in [4.78, 5) is 28.2. The predicted octanol–water partition coefficient (Wildman–Crippen LogP) is 2.36. The number of carbonyl (C=O) groups is 2. The van der Waals surface area contributed by atoms with Gasteiger partial charge >= 0.3 is 11.9 Å². The van der Waals surface area contributed by atoms with Crippen molar-refractivity contribution in [2.24, 2.45) is 5.92 Å². The van der Waals surface area contributed by atoms with Crippen LogP contribution < -0.4 is 9.64 Å². The smallest absolute Gasteiger partial charge is 0.328 e. The first-order chi connectivity index (χ1) is 13.3. The normalized spacial score (nSPS) is 15.1. The van der Waals surface area contributed by atoms with E-state index in [0.717, 1.165) is 38.4 Å². The van der Waals surface area contributed by atoms with E-state index >= 15 is 0 Å². The zero-order valence-corrected chi connectivity index (χ0v) is 16.9. The van der Waals surface area contributed by atoms with Crippen LogP contribution in [0.4, 0.5) is 5.69 Å². The van der Waals surface area contributed by atoms with Crippen LogP contribution >= 0.6 is 0 Å². The fourth-order valence-electron chi connectivity index (χ4n) is 2.52. The highest BCUT2D eigenvalue weighted by Gasteiger charge is 2.13. The van der Waals surface area contributed by atoms with Crippen molar-refractivity contribution in [2.45, 2.75) is 26.7 Å². The highest BCUT2D eigenvalue weighted by molar-refractivity contribution is 5.89.